The minimum Gasteiger partial charge on any atom is -0.385 e. The SMILES string of the molecule is CCC(C)(C)[C@@H](O)C=O. The third kappa shape index (κ3) is 2.14. The van der Waals surface area contributed by atoms with Crippen molar-refractivity contribution >= 4 is 6.29 Å². The molecule has 0 amide bonds. The van der Waals surface area contributed by atoms with Crippen molar-refractivity contribution in [2.24, 2.45) is 5.41 Å². The Labute approximate surface area is 55.9 Å². The molecule has 1 N–H and O–H groups in total. The Balaban J connectivity index is 3.95. The van der Waals surface area contributed by atoms with E-state index in [1.807, 2.05) is 20.8 Å². The highest BCUT2D eigenvalue weighted by Gasteiger charge is 2.24. The van der Waals surface area contributed by atoms with E-state index < -0.39 is 6.10 Å². The van der Waals surface area contributed by atoms with Crippen LogP contribution in [0.25, 0.3) is 0 Å². The number of hydrogen-bond acceptors (Lipinski definition) is 2. The molecule has 0 aliphatic heterocycles. The van der Waals surface area contributed by atoms with Crippen LogP contribution in [0.5, 0.6) is 0 Å². The molecule has 9 heavy (non-hydrogen) atoms. The van der Waals surface area contributed by atoms with Gasteiger partial charge in [-0.25, -0.2) is 0 Å². The van der Waals surface area contributed by atoms with E-state index in [-0.39, 0.29) is 5.41 Å². The minimum absolute atomic E-state index is 0.262. The Morgan fingerprint density at radius 2 is 2.11 bits per heavy atom. The van der Waals surface area contributed by atoms with Crippen LogP contribution in [0.15, 0.2) is 0 Å². The van der Waals surface area contributed by atoms with Crippen LogP contribution in [-0.4, -0.2) is 17.5 Å². The summed E-state index contributed by atoms with van der Waals surface area (Å²) < 4.78 is 0. The summed E-state index contributed by atoms with van der Waals surface area (Å²) in [6, 6.07) is 0. The third-order valence-corrected chi connectivity index (χ3v) is 1.84. The van der Waals surface area contributed by atoms with Gasteiger partial charge in [0.25, 0.3) is 0 Å². The van der Waals surface area contributed by atoms with Gasteiger partial charge in [0.05, 0.1) is 0 Å². The lowest BCUT2D eigenvalue weighted by atomic mass is 9.85. The fourth-order valence-electron chi connectivity index (χ4n) is 0.393. The third-order valence-electron chi connectivity index (χ3n) is 1.84. The number of aliphatic hydroxyl groups is 1. The molecule has 1 atom stereocenters. The van der Waals surface area contributed by atoms with E-state index >= 15 is 0 Å². The Morgan fingerprint density at radius 1 is 1.67 bits per heavy atom. The maximum absolute atomic E-state index is 10.1. The molecule has 0 saturated carbocycles. The van der Waals surface area contributed by atoms with E-state index in [4.69, 9.17) is 5.11 Å². The Morgan fingerprint density at radius 3 is 2.22 bits per heavy atom. The molecule has 0 aliphatic rings. The highest BCUT2D eigenvalue weighted by molar-refractivity contribution is 5.56. The lowest BCUT2D eigenvalue weighted by Crippen LogP contribution is -2.29. The lowest BCUT2D eigenvalue weighted by Gasteiger charge is -2.24. The molecule has 0 aromatic carbocycles. The molecule has 0 bridgehead atoms. The predicted molar refractivity (Wildman–Crippen MR) is 36.1 cm³/mol. The molecule has 0 unspecified atom stereocenters. The predicted octanol–water partition coefficient (Wildman–Crippen LogP) is 0.982. The normalized spacial score (nSPS) is 15.1. The largest absolute Gasteiger partial charge is 0.385 e. The molecule has 0 heterocycles. The summed E-state index contributed by atoms with van der Waals surface area (Å²) in [6.07, 6.45) is 0.582. The first-order valence-corrected chi connectivity index (χ1v) is 3.18. The van der Waals surface area contributed by atoms with Crippen LogP contribution in [0.4, 0.5) is 0 Å². The van der Waals surface area contributed by atoms with Crippen LogP contribution < -0.4 is 0 Å². The average Bonchev–Trinajstić information content (AvgIpc) is 1.86. The van der Waals surface area contributed by atoms with Crippen molar-refractivity contribution in [2.75, 3.05) is 0 Å². The van der Waals surface area contributed by atoms with Gasteiger partial charge in [-0.15, -0.1) is 0 Å². The highest BCUT2D eigenvalue weighted by atomic mass is 16.3. The molecule has 0 fully saturated rings. The minimum atomic E-state index is -0.817. The average molecular weight is 130 g/mol. The quantitative estimate of drug-likeness (QED) is 0.578. The second-order valence-electron chi connectivity index (χ2n) is 2.92. The maximum atomic E-state index is 10.1. The summed E-state index contributed by atoms with van der Waals surface area (Å²) in [4.78, 5) is 10.1. The number of carbonyl (C=O) groups is 1. The monoisotopic (exact) mass is 130 g/mol. The van der Waals surface area contributed by atoms with E-state index in [0.717, 1.165) is 6.42 Å². The van der Waals surface area contributed by atoms with Crippen molar-refractivity contribution in [3.05, 3.63) is 0 Å². The summed E-state index contributed by atoms with van der Waals surface area (Å²) in [5.41, 5.74) is -0.262. The molecule has 0 rings (SSSR count). The van der Waals surface area contributed by atoms with Gasteiger partial charge in [-0.1, -0.05) is 20.8 Å². The van der Waals surface area contributed by atoms with E-state index in [1.165, 1.54) is 0 Å². The molecule has 0 aliphatic carbocycles. The fraction of sp³-hybridized carbons (Fsp3) is 0.857. The van der Waals surface area contributed by atoms with Crippen LogP contribution in [-0.2, 0) is 4.79 Å². The molecule has 54 valence electrons. The summed E-state index contributed by atoms with van der Waals surface area (Å²) in [6.45, 7) is 5.69. The second-order valence-corrected chi connectivity index (χ2v) is 2.92. The van der Waals surface area contributed by atoms with Crippen molar-refractivity contribution in [3.8, 4) is 0 Å². The van der Waals surface area contributed by atoms with E-state index in [1.54, 1.807) is 0 Å². The number of rotatable bonds is 3. The zero-order chi connectivity index (χ0) is 7.49. The fourth-order valence-corrected chi connectivity index (χ4v) is 0.393. The first kappa shape index (κ1) is 8.63. The summed E-state index contributed by atoms with van der Waals surface area (Å²) in [5.74, 6) is 0. The molecule has 0 radical (unpaired) electrons. The van der Waals surface area contributed by atoms with Crippen molar-refractivity contribution < 1.29 is 9.90 Å². The molecule has 2 nitrogen and oxygen atoms in total. The van der Waals surface area contributed by atoms with Gasteiger partial charge in [-0.2, -0.15) is 0 Å². The Bertz CT molecular complexity index is 97.1. The van der Waals surface area contributed by atoms with E-state index in [0.29, 0.717) is 6.29 Å². The zero-order valence-electron chi connectivity index (χ0n) is 6.22. The topological polar surface area (TPSA) is 37.3 Å². The van der Waals surface area contributed by atoms with Gasteiger partial charge in [-0.05, 0) is 11.8 Å². The van der Waals surface area contributed by atoms with Gasteiger partial charge >= 0.3 is 0 Å². The van der Waals surface area contributed by atoms with Crippen LogP contribution in [0.3, 0.4) is 0 Å². The van der Waals surface area contributed by atoms with Gasteiger partial charge in [-0.3, -0.25) is 0 Å². The van der Waals surface area contributed by atoms with Gasteiger partial charge < -0.3 is 9.90 Å². The van der Waals surface area contributed by atoms with E-state index in [2.05, 4.69) is 0 Å². The number of hydrogen-bond donors (Lipinski definition) is 1. The van der Waals surface area contributed by atoms with Gasteiger partial charge in [0.15, 0.2) is 0 Å². The molecule has 0 aromatic rings. The first-order valence-electron chi connectivity index (χ1n) is 3.18. The van der Waals surface area contributed by atoms with Crippen LogP contribution >= 0.6 is 0 Å². The lowest BCUT2D eigenvalue weighted by molar-refractivity contribution is -0.120. The summed E-state index contributed by atoms with van der Waals surface area (Å²) >= 11 is 0. The Hall–Kier alpha value is -0.370. The first-order chi connectivity index (χ1) is 4.04. The summed E-state index contributed by atoms with van der Waals surface area (Å²) in [7, 11) is 0. The molecule has 0 aromatic heterocycles. The van der Waals surface area contributed by atoms with Gasteiger partial charge in [0.1, 0.15) is 12.4 Å². The number of aliphatic hydroxyl groups excluding tert-OH is 1. The maximum Gasteiger partial charge on any atom is 0.149 e. The highest BCUT2D eigenvalue weighted by Crippen LogP contribution is 2.22. The van der Waals surface area contributed by atoms with Crippen molar-refractivity contribution in [3.63, 3.8) is 0 Å². The van der Waals surface area contributed by atoms with Crippen molar-refractivity contribution in [1.82, 2.24) is 0 Å². The standard InChI is InChI=1S/C7H14O2/c1-4-7(2,3)6(9)5-8/h5-6,9H,4H2,1-3H3/t6-/m0/s1. The molecule has 2 heteroatoms. The zero-order valence-corrected chi connectivity index (χ0v) is 6.22. The number of aldehydes is 1. The van der Waals surface area contributed by atoms with Crippen LogP contribution in [0.1, 0.15) is 27.2 Å². The van der Waals surface area contributed by atoms with Gasteiger partial charge in [0.2, 0.25) is 0 Å². The second kappa shape index (κ2) is 2.97. The number of carbonyl (C=O) groups excluding carboxylic acids is 1. The smallest absolute Gasteiger partial charge is 0.149 e. The summed E-state index contributed by atoms with van der Waals surface area (Å²) in [5, 5.41) is 9.02. The van der Waals surface area contributed by atoms with Crippen molar-refractivity contribution in [2.45, 2.75) is 33.3 Å². The van der Waals surface area contributed by atoms with Crippen LogP contribution in [0, 0.1) is 5.41 Å². The van der Waals surface area contributed by atoms with Gasteiger partial charge in [0, 0.05) is 0 Å². The molecule has 0 spiro atoms. The molecular weight excluding hydrogens is 116 g/mol. The molecular formula is C7H14O2. The molecule has 0 saturated heterocycles. The van der Waals surface area contributed by atoms with E-state index in [9.17, 15) is 4.79 Å². The van der Waals surface area contributed by atoms with Crippen LogP contribution in [0.2, 0.25) is 0 Å². The Kier molecular flexibility index (Phi) is 2.85. The van der Waals surface area contributed by atoms with Crippen molar-refractivity contribution in [1.29, 1.82) is 0 Å².